The Morgan fingerprint density at radius 1 is 1.00 bits per heavy atom. The fraction of sp³-hybridized carbons (Fsp3) is 0.500. The Morgan fingerprint density at radius 2 is 1.16 bits per heavy atom. The van der Waals surface area contributed by atoms with Crippen LogP contribution >= 0.6 is 0 Å². The summed E-state index contributed by atoms with van der Waals surface area (Å²) in [5.74, 6) is -2.76. The Kier molecular flexibility index (Phi) is 16.4. The quantitative estimate of drug-likeness (QED) is 0.167. The summed E-state index contributed by atoms with van der Waals surface area (Å²) in [7, 11) is -10.0. The van der Waals surface area contributed by atoms with E-state index in [1.54, 1.807) is 0 Å². The number of carbonyl (C=O) groups is 1. The van der Waals surface area contributed by atoms with Gasteiger partial charge in [0.1, 0.15) is 0 Å². The van der Waals surface area contributed by atoms with Crippen molar-refractivity contribution >= 4 is 26.8 Å². The van der Waals surface area contributed by atoms with Crippen molar-refractivity contribution in [2.24, 2.45) is 0 Å². The first kappa shape index (κ1) is 28.5. The molecule has 0 aromatic heterocycles. The SMILES string of the molecule is O=C(O)C(F)(F)F.O=S(=O)(O)OOS(=O)(=O)O.[H-].[K+].[Pd]. The number of alkyl halides is 3. The van der Waals surface area contributed by atoms with Crippen molar-refractivity contribution in [3.8, 4) is 0 Å². The van der Waals surface area contributed by atoms with Crippen LogP contribution in [0.2, 0.25) is 0 Å². The standard InChI is InChI=1S/C2HF3O2.K.H2O8S2.Pd.H/c3-2(4,5)1(6)7;;1-9(2,3)7-8-10(4,5)6;;/h(H,6,7);;(H,1,2,3)(H,4,5,6);;/q;+1;;;-1. The number of halogens is 3. The maximum absolute atomic E-state index is 10.6. The third kappa shape index (κ3) is 28.2. The second-order valence-corrected chi connectivity index (χ2v) is 3.78. The summed E-state index contributed by atoms with van der Waals surface area (Å²) in [5, 5.41) is 7.12. The molecule has 0 unspecified atom stereocenters. The van der Waals surface area contributed by atoms with E-state index in [-0.39, 0.29) is 73.2 Å². The molecule has 0 atom stereocenters. The molecule has 116 valence electrons. The Hall–Kier alpha value is 1.30. The Morgan fingerprint density at radius 3 is 1.21 bits per heavy atom. The molecule has 0 aliphatic carbocycles. The van der Waals surface area contributed by atoms with Crippen LogP contribution in [-0.2, 0) is 54.7 Å². The number of hydrogen-bond acceptors (Lipinski definition) is 7. The summed E-state index contributed by atoms with van der Waals surface area (Å²) in [6.07, 6.45) is -5.08. The van der Waals surface area contributed by atoms with Gasteiger partial charge < -0.3 is 6.53 Å². The molecule has 0 heterocycles. The molecule has 10 nitrogen and oxygen atoms in total. The first-order chi connectivity index (χ1) is 7.15. The third-order valence-electron chi connectivity index (χ3n) is 0.442. The van der Waals surface area contributed by atoms with E-state index >= 15 is 0 Å². The van der Waals surface area contributed by atoms with Gasteiger partial charge in [-0.05, 0) is 0 Å². The van der Waals surface area contributed by atoms with Crippen molar-refractivity contribution in [3.63, 3.8) is 0 Å². The Labute approximate surface area is 162 Å². The minimum absolute atomic E-state index is 0. The predicted molar refractivity (Wildman–Crippen MR) is 40.1 cm³/mol. The summed E-state index contributed by atoms with van der Waals surface area (Å²) in [4.78, 5) is 8.90. The fourth-order valence-corrected chi connectivity index (χ4v) is 0.632. The van der Waals surface area contributed by atoms with Crippen LogP contribution in [-0.4, -0.2) is 43.2 Å². The molecule has 0 aliphatic rings. The summed E-state index contributed by atoms with van der Waals surface area (Å²) in [5.41, 5.74) is 0. The minimum Gasteiger partial charge on any atom is -1.00 e. The molecular formula is C2H4F3KO10PdS2. The van der Waals surface area contributed by atoms with Crippen LogP contribution in [0.25, 0.3) is 0 Å². The molecule has 17 heteroatoms. The van der Waals surface area contributed by atoms with E-state index in [2.05, 4.69) is 8.67 Å². The maximum atomic E-state index is 10.6. The molecule has 0 rings (SSSR count). The predicted octanol–water partition coefficient (Wildman–Crippen LogP) is -3.71. The number of carboxylic acids is 1. The van der Waals surface area contributed by atoms with E-state index in [1.165, 1.54) is 0 Å². The van der Waals surface area contributed by atoms with Crippen LogP contribution in [0, 0.1) is 0 Å². The summed E-state index contributed by atoms with van der Waals surface area (Å²) >= 11 is 0. The smallest absolute Gasteiger partial charge is 1.00 e. The van der Waals surface area contributed by atoms with Crippen LogP contribution in [0.3, 0.4) is 0 Å². The van der Waals surface area contributed by atoms with Crippen LogP contribution in [0.1, 0.15) is 1.43 Å². The zero-order chi connectivity index (χ0) is 14.5. The van der Waals surface area contributed by atoms with Gasteiger partial charge in [0.15, 0.2) is 0 Å². The Bertz CT molecular complexity index is 427. The van der Waals surface area contributed by atoms with Crippen molar-refractivity contribution in [2.75, 3.05) is 0 Å². The molecule has 0 bridgehead atoms. The van der Waals surface area contributed by atoms with E-state index in [1.807, 2.05) is 0 Å². The van der Waals surface area contributed by atoms with Gasteiger partial charge in [0, 0.05) is 20.4 Å². The molecule has 0 aromatic carbocycles. The molecule has 0 saturated heterocycles. The third-order valence-corrected chi connectivity index (χ3v) is 1.01. The molecule has 0 aliphatic heterocycles. The molecule has 19 heavy (non-hydrogen) atoms. The molecule has 3 N–H and O–H groups in total. The van der Waals surface area contributed by atoms with Gasteiger partial charge in [-0.15, -0.1) is 0 Å². The van der Waals surface area contributed by atoms with Gasteiger partial charge >= 0.3 is 84.3 Å². The normalized spacial score (nSPS) is 11.2. The van der Waals surface area contributed by atoms with Crippen molar-refractivity contribution in [1.82, 2.24) is 0 Å². The van der Waals surface area contributed by atoms with Gasteiger partial charge in [-0.1, -0.05) is 8.67 Å². The van der Waals surface area contributed by atoms with Gasteiger partial charge in [0.25, 0.3) is 0 Å². The molecule has 0 fully saturated rings. The van der Waals surface area contributed by atoms with Crippen molar-refractivity contribution in [1.29, 1.82) is 0 Å². The monoisotopic (exact) mass is 454 g/mol. The van der Waals surface area contributed by atoms with E-state index in [4.69, 9.17) is 19.0 Å². The molecule has 0 saturated carbocycles. The average Bonchev–Trinajstić information content (AvgIpc) is 1.97. The first-order valence-corrected chi connectivity index (χ1v) is 5.51. The maximum Gasteiger partial charge on any atom is 1.00 e. The van der Waals surface area contributed by atoms with Crippen molar-refractivity contribution < 1.29 is 131 Å². The zero-order valence-corrected chi connectivity index (χ0v) is 14.8. The van der Waals surface area contributed by atoms with Gasteiger partial charge in [-0.25, -0.2) is 4.79 Å². The number of hydrogen-bond donors (Lipinski definition) is 3. The zero-order valence-electron chi connectivity index (χ0n) is 9.47. The minimum atomic E-state index is -5.08. The average molecular weight is 455 g/mol. The van der Waals surface area contributed by atoms with E-state index in [9.17, 15) is 30.0 Å². The van der Waals surface area contributed by atoms with Gasteiger partial charge in [-0.2, -0.15) is 30.0 Å². The molecule has 0 aromatic rings. The van der Waals surface area contributed by atoms with E-state index in [0.717, 1.165) is 0 Å². The van der Waals surface area contributed by atoms with Gasteiger partial charge in [0.05, 0.1) is 0 Å². The fourth-order valence-electron chi connectivity index (χ4n) is 0.0702. The van der Waals surface area contributed by atoms with Crippen molar-refractivity contribution in [2.45, 2.75) is 6.18 Å². The van der Waals surface area contributed by atoms with E-state index < -0.39 is 32.9 Å². The second-order valence-electron chi connectivity index (χ2n) is 1.79. The Balaban J connectivity index is -0.0000000681. The number of rotatable bonds is 3. The van der Waals surface area contributed by atoms with Crippen molar-refractivity contribution in [3.05, 3.63) is 0 Å². The number of aliphatic carboxylic acids is 1. The summed E-state index contributed by atoms with van der Waals surface area (Å²) in [6, 6.07) is 0. The summed E-state index contributed by atoms with van der Waals surface area (Å²) in [6.45, 7) is 0. The number of carboxylic acid groups (broad SMARTS) is 1. The van der Waals surface area contributed by atoms with Crippen LogP contribution in [0.15, 0.2) is 0 Å². The van der Waals surface area contributed by atoms with Crippen LogP contribution in [0.5, 0.6) is 0 Å². The second kappa shape index (κ2) is 10.9. The van der Waals surface area contributed by atoms with Gasteiger partial charge in [0.2, 0.25) is 0 Å². The first-order valence-electron chi connectivity index (χ1n) is 2.78. The largest absolute Gasteiger partial charge is 1.00 e. The molecule has 0 spiro atoms. The summed E-state index contributed by atoms with van der Waals surface area (Å²) < 4.78 is 90.6. The topological polar surface area (TPSA) is 164 Å². The van der Waals surface area contributed by atoms with Crippen LogP contribution in [0.4, 0.5) is 13.2 Å². The molecule has 0 amide bonds. The molecule has 0 radical (unpaired) electrons. The van der Waals surface area contributed by atoms with Gasteiger partial charge in [-0.3, -0.25) is 9.11 Å². The molecular weight excluding hydrogens is 451 g/mol. The van der Waals surface area contributed by atoms with E-state index in [0.29, 0.717) is 0 Å². The van der Waals surface area contributed by atoms with Crippen LogP contribution < -0.4 is 51.4 Å².